The van der Waals surface area contributed by atoms with Crippen molar-refractivity contribution in [3.8, 4) is 0 Å². The molecule has 0 aliphatic carbocycles. The molecular formula is C19H28N2O3. The molecule has 1 saturated heterocycles. The third-order valence-corrected chi connectivity index (χ3v) is 4.58. The normalized spacial score (nSPS) is 20.7. The topological polar surface area (TPSA) is 58.6 Å². The van der Waals surface area contributed by atoms with E-state index in [0.29, 0.717) is 18.0 Å². The fraction of sp³-hybridized carbons (Fsp3) is 0.579. The van der Waals surface area contributed by atoms with Gasteiger partial charge in [0, 0.05) is 32.8 Å². The zero-order valence-electron chi connectivity index (χ0n) is 15.0. The third-order valence-electron chi connectivity index (χ3n) is 4.58. The smallest absolute Gasteiger partial charge is 0.251 e. The fourth-order valence-electron chi connectivity index (χ4n) is 3.26. The van der Waals surface area contributed by atoms with Gasteiger partial charge in [0.15, 0.2) is 0 Å². The van der Waals surface area contributed by atoms with Crippen molar-refractivity contribution in [3.05, 3.63) is 35.4 Å². The number of rotatable bonds is 5. The molecule has 1 fully saturated rings. The molecule has 1 aliphatic rings. The highest BCUT2D eigenvalue weighted by molar-refractivity contribution is 5.93. The second-order valence-electron chi connectivity index (χ2n) is 6.80. The molecule has 1 heterocycles. The average molecular weight is 332 g/mol. The molecule has 0 spiro atoms. The Morgan fingerprint density at radius 3 is 2.54 bits per heavy atom. The molecule has 2 rings (SSSR count). The maximum absolute atomic E-state index is 12.8. The first-order valence-corrected chi connectivity index (χ1v) is 8.61. The SMILES string of the molecule is CNC(=O)c1ccc(CN(C)C(=O)[C@@H]2CCCO[C@@H]2C(C)C)cc1. The number of amides is 2. The predicted octanol–water partition coefficient (Wildman–Crippen LogP) is 2.46. The van der Waals surface area contributed by atoms with Gasteiger partial charge in [-0.15, -0.1) is 0 Å². The summed E-state index contributed by atoms with van der Waals surface area (Å²) in [5, 5.41) is 2.60. The molecular weight excluding hydrogens is 304 g/mol. The summed E-state index contributed by atoms with van der Waals surface area (Å²) >= 11 is 0. The molecule has 24 heavy (non-hydrogen) atoms. The van der Waals surface area contributed by atoms with Gasteiger partial charge in [-0.3, -0.25) is 9.59 Å². The Morgan fingerprint density at radius 1 is 1.29 bits per heavy atom. The average Bonchev–Trinajstić information content (AvgIpc) is 2.60. The number of hydrogen-bond donors (Lipinski definition) is 1. The van der Waals surface area contributed by atoms with Crippen LogP contribution in [-0.2, 0) is 16.1 Å². The first-order valence-electron chi connectivity index (χ1n) is 8.61. The quantitative estimate of drug-likeness (QED) is 0.901. The minimum Gasteiger partial charge on any atom is -0.377 e. The Hall–Kier alpha value is -1.88. The zero-order chi connectivity index (χ0) is 17.7. The standard InChI is InChI=1S/C19H28N2O3/c1-13(2)17-16(6-5-11-24-17)19(23)21(4)12-14-7-9-15(10-8-14)18(22)20-3/h7-10,13,16-17H,5-6,11-12H2,1-4H3,(H,20,22)/t16-,17-/m1/s1. The van der Waals surface area contributed by atoms with Gasteiger partial charge in [-0.25, -0.2) is 0 Å². The summed E-state index contributed by atoms with van der Waals surface area (Å²) in [6.45, 7) is 5.49. The molecule has 5 heteroatoms. The Labute approximate surface area is 144 Å². The van der Waals surface area contributed by atoms with E-state index in [-0.39, 0.29) is 23.8 Å². The van der Waals surface area contributed by atoms with Gasteiger partial charge in [0.05, 0.1) is 12.0 Å². The second-order valence-corrected chi connectivity index (χ2v) is 6.80. The van der Waals surface area contributed by atoms with E-state index in [1.54, 1.807) is 24.1 Å². The Bertz CT molecular complexity index is 568. The number of carbonyl (C=O) groups excluding carboxylic acids is 2. The van der Waals surface area contributed by atoms with E-state index in [4.69, 9.17) is 4.74 Å². The largest absolute Gasteiger partial charge is 0.377 e. The second kappa shape index (κ2) is 8.29. The van der Waals surface area contributed by atoms with Crippen molar-refractivity contribution in [3.63, 3.8) is 0 Å². The molecule has 0 bridgehead atoms. The van der Waals surface area contributed by atoms with Crippen LogP contribution in [0, 0.1) is 11.8 Å². The Balaban J connectivity index is 2.01. The van der Waals surface area contributed by atoms with E-state index in [1.807, 2.05) is 19.2 Å². The van der Waals surface area contributed by atoms with Gasteiger partial charge in [-0.2, -0.15) is 0 Å². The first-order chi connectivity index (χ1) is 11.4. The lowest BCUT2D eigenvalue weighted by molar-refractivity contribution is -0.147. The summed E-state index contributed by atoms with van der Waals surface area (Å²) in [4.78, 5) is 26.2. The Kier molecular flexibility index (Phi) is 6.37. The molecule has 1 aromatic rings. The van der Waals surface area contributed by atoms with Crippen LogP contribution in [0.25, 0.3) is 0 Å². The Morgan fingerprint density at radius 2 is 1.96 bits per heavy atom. The zero-order valence-corrected chi connectivity index (χ0v) is 15.0. The molecule has 0 saturated carbocycles. The molecule has 2 amide bonds. The highest BCUT2D eigenvalue weighted by atomic mass is 16.5. The highest BCUT2D eigenvalue weighted by Crippen LogP contribution is 2.28. The van der Waals surface area contributed by atoms with E-state index < -0.39 is 0 Å². The van der Waals surface area contributed by atoms with Crippen molar-refractivity contribution in [2.24, 2.45) is 11.8 Å². The van der Waals surface area contributed by atoms with Gasteiger partial charge in [0.1, 0.15) is 0 Å². The maximum atomic E-state index is 12.8. The van der Waals surface area contributed by atoms with Crippen LogP contribution >= 0.6 is 0 Å². The summed E-state index contributed by atoms with van der Waals surface area (Å²) in [5.74, 6) is 0.308. The summed E-state index contributed by atoms with van der Waals surface area (Å²) < 4.78 is 5.84. The van der Waals surface area contributed by atoms with Crippen molar-refractivity contribution in [2.45, 2.75) is 39.3 Å². The van der Waals surface area contributed by atoms with Crippen molar-refractivity contribution < 1.29 is 14.3 Å². The van der Waals surface area contributed by atoms with E-state index >= 15 is 0 Å². The van der Waals surface area contributed by atoms with Crippen LogP contribution < -0.4 is 5.32 Å². The minimum absolute atomic E-state index is 0.00401. The lowest BCUT2D eigenvalue weighted by atomic mass is 9.86. The van der Waals surface area contributed by atoms with Crippen LogP contribution in [0.4, 0.5) is 0 Å². The van der Waals surface area contributed by atoms with E-state index in [2.05, 4.69) is 19.2 Å². The van der Waals surface area contributed by atoms with Crippen molar-refractivity contribution in [1.82, 2.24) is 10.2 Å². The number of nitrogens with zero attached hydrogens (tertiary/aromatic N) is 1. The highest BCUT2D eigenvalue weighted by Gasteiger charge is 2.35. The molecule has 5 nitrogen and oxygen atoms in total. The lowest BCUT2D eigenvalue weighted by Crippen LogP contribution is -2.44. The van der Waals surface area contributed by atoms with E-state index in [9.17, 15) is 9.59 Å². The minimum atomic E-state index is -0.106. The number of carbonyl (C=O) groups is 2. The van der Waals surface area contributed by atoms with E-state index in [0.717, 1.165) is 25.0 Å². The molecule has 0 aromatic heterocycles. The number of hydrogen-bond acceptors (Lipinski definition) is 3. The summed E-state index contributed by atoms with van der Waals surface area (Å²) in [6, 6.07) is 7.36. The predicted molar refractivity (Wildman–Crippen MR) is 93.6 cm³/mol. The van der Waals surface area contributed by atoms with Crippen molar-refractivity contribution >= 4 is 11.8 Å². The molecule has 0 radical (unpaired) electrons. The van der Waals surface area contributed by atoms with Crippen LogP contribution in [-0.4, -0.2) is 43.5 Å². The number of benzene rings is 1. The van der Waals surface area contributed by atoms with Crippen molar-refractivity contribution in [2.75, 3.05) is 20.7 Å². The van der Waals surface area contributed by atoms with Crippen LogP contribution in [0.15, 0.2) is 24.3 Å². The van der Waals surface area contributed by atoms with Crippen LogP contribution in [0.3, 0.4) is 0 Å². The summed E-state index contributed by atoms with van der Waals surface area (Å²) in [5.41, 5.74) is 1.63. The lowest BCUT2D eigenvalue weighted by Gasteiger charge is -2.35. The van der Waals surface area contributed by atoms with Crippen LogP contribution in [0.5, 0.6) is 0 Å². The number of ether oxygens (including phenoxy) is 1. The maximum Gasteiger partial charge on any atom is 0.251 e. The van der Waals surface area contributed by atoms with Gasteiger partial charge in [-0.1, -0.05) is 26.0 Å². The molecule has 1 N–H and O–H groups in total. The summed E-state index contributed by atoms with van der Waals surface area (Å²) in [7, 11) is 3.45. The fourth-order valence-corrected chi connectivity index (χ4v) is 3.26. The van der Waals surface area contributed by atoms with Gasteiger partial charge in [0.25, 0.3) is 5.91 Å². The van der Waals surface area contributed by atoms with Gasteiger partial charge in [0.2, 0.25) is 5.91 Å². The van der Waals surface area contributed by atoms with Crippen LogP contribution in [0.2, 0.25) is 0 Å². The molecule has 1 aromatic carbocycles. The van der Waals surface area contributed by atoms with Gasteiger partial charge in [-0.05, 0) is 36.5 Å². The molecule has 0 unspecified atom stereocenters. The molecule has 132 valence electrons. The van der Waals surface area contributed by atoms with Gasteiger partial charge < -0.3 is 15.0 Å². The molecule has 1 aliphatic heterocycles. The third kappa shape index (κ3) is 4.35. The van der Waals surface area contributed by atoms with Crippen LogP contribution in [0.1, 0.15) is 42.6 Å². The van der Waals surface area contributed by atoms with Crippen molar-refractivity contribution in [1.29, 1.82) is 0 Å². The van der Waals surface area contributed by atoms with Gasteiger partial charge >= 0.3 is 0 Å². The first kappa shape index (κ1) is 18.5. The molecule has 2 atom stereocenters. The monoisotopic (exact) mass is 332 g/mol. The van der Waals surface area contributed by atoms with E-state index in [1.165, 1.54) is 0 Å². The summed E-state index contributed by atoms with van der Waals surface area (Å²) in [6.07, 6.45) is 1.83. The number of nitrogens with one attached hydrogen (secondary N) is 1.